The van der Waals surface area contributed by atoms with Crippen molar-refractivity contribution >= 4 is 17.8 Å². The van der Waals surface area contributed by atoms with Crippen molar-refractivity contribution < 1.29 is 18.7 Å². The van der Waals surface area contributed by atoms with E-state index in [2.05, 4.69) is 4.90 Å². The number of urea groups is 1. The van der Waals surface area contributed by atoms with E-state index in [0.717, 1.165) is 69.5 Å². The van der Waals surface area contributed by atoms with Gasteiger partial charge in [-0.1, -0.05) is 0 Å². The van der Waals surface area contributed by atoms with Gasteiger partial charge in [0.25, 0.3) is 0 Å². The minimum Gasteiger partial charge on any atom is -0.453 e. The number of halogens is 1. The number of anilines is 1. The topological polar surface area (TPSA) is 56.3 Å². The first-order valence-electron chi connectivity index (χ1n) is 11.2. The summed E-state index contributed by atoms with van der Waals surface area (Å²) < 4.78 is 19.0. The summed E-state index contributed by atoms with van der Waals surface area (Å²) in [6.45, 7) is 3.91. The normalized spacial score (nSPS) is 23.4. The molecule has 0 bridgehead atoms. The molecule has 7 nitrogen and oxygen atoms in total. The number of rotatable bonds is 1. The molecule has 1 unspecified atom stereocenters. The molecule has 3 amide bonds. The summed E-state index contributed by atoms with van der Waals surface area (Å²) in [6.07, 6.45) is 4.54. The van der Waals surface area contributed by atoms with E-state index in [1.807, 2.05) is 4.90 Å². The molecule has 0 radical (unpaired) electrons. The Kier molecular flexibility index (Phi) is 6.10. The van der Waals surface area contributed by atoms with Crippen molar-refractivity contribution in [2.75, 3.05) is 58.8 Å². The Morgan fingerprint density at radius 2 is 1.87 bits per heavy atom. The summed E-state index contributed by atoms with van der Waals surface area (Å²) in [5.74, 6) is -0.244. The first-order chi connectivity index (χ1) is 14.8. The van der Waals surface area contributed by atoms with Crippen molar-refractivity contribution in [1.29, 1.82) is 0 Å². The molecule has 2 saturated heterocycles. The standard InChI is InChI=1S/C23H33FN4O3/c1-25(2)21(29)28-16-23(19-15-17(24)6-7-20(19)28)9-13-26(14-10-23)18-5-4-11-27(12-8-18)22(30)31-3/h6-7,15,18H,4-5,8-14,16H2,1-3H3. The molecular weight excluding hydrogens is 399 g/mol. The number of fused-ring (bicyclic) bond motifs is 2. The minimum absolute atomic E-state index is 0.0566. The molecule has 1 atom stereocenters. The molecule has 4 rings (SSSR count). The van der Waals surface area contributed by atoms with Crippen LogP contribution in [0.15, 0.2) is 18.2 Å². The van der Waals surface area contributed by atoms with Crippen LogP contribution in [0.4, 0.5) is 19.7 Å². The van der Waals surface area contributed by atoms with Crippen LogP contribution < -0.4 is 4.90 Å². The van der Waals surface area contributed by atoms with Crippen LogP contribution in [-0.2, 0) is 10.2 Å². The number of hydrogen-bond donors (Lipinski definition) is 0. The van der Waals surface area contributed by atoms with E-state index < -0.39 is 0 Å². The fraction of sp³-hybridized carbons (Fsp3) is 0.652. The van der Waals surface area contributed by atoms with Crippen LogP contribution in [0.3, 0.4) is 0 Å². The van der Waals surface area contributed by atoms with Gasteiger partial charge in [-0.15, -0.1) is 0 Å². The second kappa shape index (κ2) is 8.65. The number of hydrogen-bond acceptors (Lipinski definition) is 4. The van der Waals surface area contributed by atoms with Gasteiger partial charge in [-0.05, 0) is 69.0 Å². The zero-order valence-corrected chi connectivity index (χ0v) is 18.8. The molecule has 8 heteroatoms. The second-order valence-electron chi connectivity index (χ2n) is 9.28. The Morgan fingerprint density at radius 1 is 1.13 bits per heavy atom. The minimum atomic E-state index is -0.244. The highest BCUT2D eigenvalue weighted by Crippen LogP contribution is 2.48. The number of methoxy groups -OCH3 is 1. The molecule has 1 aromatic carbocycles. The Labute approximate surface area is 183 Å². The van der Waals surface area contributed by atoms with E-state index in [4.69, 9.17) is 4.74 Å². The summed E-state index contributed by atoms with van der Waals surface area (Å²) >= 11 is 0. The zero-order valence-electron chi connectivity index (χ0n) is 18.8. The fourth-order valence-corrected chi connectivity index (χ4v) is 5.55. The number of piperidine rings is 1. The van der Waals surface area contributed by atoms with Crippen LogP contribution in [0.25, 0.3) is 0 Å². The molecule has 3 heterocycles. The Hall–Kier alpha value is -2.35. The van der Waals surface area contributed by atoms with Crippen LogP contribution in [-0.4, -0.2) is 86.8 Å². The van der Waals surface area contributed by atoms with Gasteiger partial charge in [0.1, 0.15) is 5.82 Å². The first kappa shape index (κ1) is 21.9. The zero-order chi connectivity index (χ0) is 22.2. The van der Waals surface area contributed by atoms with Crippen molar-refractivity contribution in [2.24, 2.45) is 0 Å². The highest BCUT2D eigenvalue weighted by Gasteiger charge is 2.47. The van der Waals surface area contributed by atoms with Crippen molar-refractivity contribution in [2.45, 2.75) is 43.6 Å². The maximum Gasteiger partial charge on any atom is 0.409 e. The van der Waals surface area contributed by atoms with Gasteiger partial charge in [-0.25, -0.2) is 14.0 Å². The van der Waals surface area contributed by atoms with Gasteiger partial charge in [0, 0.05) is 50.9 Å². The molecule has 3 aliphatic rings. The highest BCUT2D eigenvalue weighted by atomic mass is 19.1. The SMILES string of the molecule is COC(=O)N1CCCC(N2CCC3(CC2)CN(C(=O)N(C)C)c2ccc(F)cc23)CC1. The van der Waals surface area contributed by atoms with Crippen molar-refractivity contribution in [1.82, 2.24) is 14.7 Å². The predicted molar refractivity (Wildman–Crippen MR) is 117 cm³/mol. The van der Waals surface area contributed by atoms with E-state index in [1.54, 1.807) is 36.0 Å². The van der Waals surface area contributed by atoms with Crippen LogP contribution in [0.2, 0.25) is 0 Å². The van der Waals surface area contributed by atoms with Crippen LogP contribution in [0.1, 0.15) is 37.7 Å². The van der Waals surface area contributed by atoms with Gasteiger partial charge in [-0.2, -0.15) is 0 Å². The average Bonchev–Trinajstić information content (AvgIpc) is 2.92. The Morgan fingerprint density at radius 3 is 2.55 bits per heavy atom. The molecule has 0 aromatic heterocycles. The van der Waals surface area contributed by atoms with E-state index in [0.29, 0.717) is 12.6 Å². The number of amides is 3. The summed E-state index contributed by atoms with van der Waals surface area (Å²) in [4.78, 5) is 32.4. The molecule has 0 saturated carbocycles. The van der Waals surface area contributed by atoms with Crippen molar-refractivity contribution in [3.63, 3.8) is 0 Å². The number of nitrogens with zero attached hydrogens (tertiary/aromatic N) is 4. The van der Waals surface area contributed by atoms with Gasteiger partial charge in [0.05, 0.1) is 7.11 Å². The smallest absolute Gasteiger partial charge is 0.409 e. The molecule has 0 aliphatic carbocycles. The lowest BCUT2D eigenvalue weighted by molar-refractivity contribution is 0.105. The van der Waals surface area contributed by atoms with Crippen LogP contribution >= 0.6 is 0 Å². The van der Waals surface area contributed by atoms with E-state index in [1.165, 1.54) is 13.2 Å². The molecular formula is C23H33FN4O3. The van der Waals surface area contributed by atoms with Crippen molar-refractivity contribution in [3.8, 4) is 0 Å². The largest absolute Gasteiger partial charge is 0.453 e. The number of benzene rings is 1. The predicted octanol–water partition coefficient (Wildman–Crippen LogP) is 3.28. The number of carbonyl (C=O) groups excluding carboxylic acids is 2. The monoisotopic (exact) mass is 432 g/mol. The summed E-state index contributed by atoms with van der Waals surface area (Å²) in [7, 11) is 4.94. The lowest BCUT2D eigenvalue weighted by atomic mass is 9.74. The molecule has 170 valence electrons. The molecule has 2 fully saturated rings. The molecule has 1 spiro atoms. The number of ether oxygens (including phenoxy) is 1. The average molecular weight is 433 g/mol. The fourth-order valence-electron chi connectivity index (χ4n) is 5.55. The summed E-state index contributed by atoms with van der Waals surface area (Å²) in [6, 6.07) is 5.22. The van der Waals surface area contributed by atoms with Gasteiger partial charge in [0.15, 0.2) is 0 Å². The van der Waals surface area contributed by atoms with Crippen LogP contribution in [0, 0.1) is 5.82 Å². The van der Waals surface area contributed by atoms with Gasteiger partial charge < -0.3 is 19.4 Å². The third-order valence-corrected chi connectivity index (χ3v) is 7.30. The molecule has 3 aliphatic heterocycles. The van der Waals surface area contributed by atoms with Crippen LogP contribution in [0.5, 0.6) is 0 Å². The molecule has 1 aromatic rings. The molecule has 31 heavy (non-hydrogen) atoms. The van der Waals surface area contributed by atoms with Crippen molar-refractivity contribution in [3.05, 3.63) is 29.6 Å². The second-order valence-corrected chi connectivity index (χ2v) is 9.28. The first-order valence-corrected chi connectivity index (χ1v) is 11.2. The Balaban J connectivity index is 1.47. The van der Waals surface area contributed by atoms with E-state index >= 15 is 0 Å². The van der Waals surface area contributed by atoms with Gasteiger partial charge in [0.2, 0.25) is 0 Å². The maximum absolute atomic E-state index is 14.2. The molecule has 0 N–H and O–H groups in total. The Bertz CT molecular complexity index is 838. The van der Waals surface area contributed by atoms with E-state index in [9.17, 15) is 14.0 Å². The summed E-state index contributed by atoms with van der Waals surface area (Å²) in [5.41, 5.74) is 1.62. The van der Waals surface area contributed by atoms with Gasteiger partial charge >= 0.3 is 12.1 Å². The maximum atomic E-state index is 14.2. The number of likely N-dealkylation sites (tertiary alicyclic amines) is 2. The summed E-state index contributed by atoms with van der Waals surface area (Å²) in [5, 5.41) is 0. The third-order valence-electron chi connectivity index (χ3n) is 7.30. The van der Waals surface area contributed by atoms with Gasteiger partial charge in [-0.3, -0.25) is 4.90 Å². The third kappa shape index (κ3) is 4.10. The van der Waals surface area contributed by atoms with E-state index in [-0.39, 0.29) is 23.4 Å². The highest BCUT2D eigenvalue weighted by molar-refractivity contribution is 5.95. The quantitative estimate of drug-likeness (QED) is 0.684. The lowest BCUT2D eigenvalue weighted by Crippen LogP contribution is -2.50. The number of carbonyl (C=O) groups is 2. The lowest BCUT2D eigenvalue weighted by Gasteiger charge is -2.43.